The minimum absolute atomic E-state index is 0.210. The maximum atomic E-state index is 13.4. The first-order valence-corrected chi connectivity index (χ1v) is 8.42. The molecule has 0 radical (unpaired) electrons. The number of hydrogen-bond donors (Lipinski definition) is 1. The number of anilines is 2. The first kappa shape index (κ1) is 19.7. The van der Waals surface area contributed by atoms with E-state index in [1.165, 1.54) is 18.3 Å². The van der Waals surface area contributed by atoms with E-state index in [9.17, 15) is 24.1 Å². The number of nitro groups is 1. The van der Waals surface area contributed by atoms with Gasteiger partial charge in [0.25, 0.3) is 0 Å². The van der Waals surface area contributed by atoms with Crippen LogP contribution >= 0.6 is 0 Å². The number of aromatic amines is 1. The molecule has 1 heterocycles. The summed E-state index contributed by atoms with van der Waals surface area (Å²) in [5, 5.41) is 16.8. The summed E-state index contributed by atoms with van der Waals surface area (Å²) < 4.78 is 13.9. The summed E-state index contributed by atoms with van der Waals surface area (Å²) in [4.78, 5) is 37.4. The third kappa shape index (κ3) is 4.10. The predicted molar refractivity (Wildman–Crippen MR) is 106 cm³/mol. The molecule has 0 aliphatic rings. The molecule has 0 saturated carbocycles. The minimum atomic E-state index is -1.09. The Balaban J connectivity index is 2.22. The zero-order chi connectivity index (χ0) is 21.1. The van der Waals surface area contributed by atoms with E-state index in [1.807, 2.05) is 19.1 Å². The second-order valence-corrected chi connectivity index (χ2v) is 6.19. The highest BCUT2D eigenvalue weighted by Gasteiger charge is 2.28. The van der Waals surface area contributed by atoms with Gasteiger partial charge in [-0.2, -0.15) is 5.10 Å². The van der Waals surface area contributed by atoms with Crippen LogP contribution in [0.3, 0.4) is 0 Å². The van der Waals surface area contributed by atoms with Gasteiger partial charge in [0.2, 0.25) is 5.82 Å². The molecule has 2 aromatic carbocycles. The van der Waals surface area contributed by atoms with E-state index in [4.69, 9.17) is 0 Å². The molecule has 0 spiro atoms. The van der Waals surface area contributed by atoms with Crippen molar-refractivity contribution in [3.8, 4) is 0 Å². The van der Waals surface area contributed by atoms with Gasteiger partial charge < -0.3 is 0 Å². The summed E-state index contributed by atoms with van der Waals surface area (Å²) >= 11 is 0. The molecule has 0 saturated heterocycles. The molecule has 0 bridgehead atoms. The molecular formula is C19H16FN5O4. The molecule has 3 aromatic rings. The minimum Gasteiger partial charge on any atom is -0.286 e. The molecule has 0 amide bonds. The highest BCUT2D eigenvalue weighted by atomic mass is 19.1. The average Bonchev–Trinajstić information content (AvgIpc) is 2.68. The Morgan fingerprint density at radius 2 is 1.76 bits per heavy atom. The molecule has 29 heavy (non-hydrogen) atoms. The van der Waals surface area contributed by atoms with E-state index in [1.54, 1.807) is 12.1 Å². The molecule has 0 unspecified atom stereocenters. The molecule has 0 fully saturated rings. The summed E-state index contributed by atoms with van der Waals surface area (Å²) in [6.07, 6.45) is 1.41. The van der Waals surface area contributed by atoms with Crippen molar-refractivity contribution in [2.75, 3.05) is 5.01 Å². The number of halogens is 1. The SMILES string of the molecule is Cc1ccc(/C=N/N(c2ccc(F)cc2)c2[nH]c(=O)n(C)c(=O)c2[N+](=O)[O-])cc1. The smallest absolute Gasteiger partial charge is 0.286 e. The number of aryl methyl sites for hydroxylation is 1. The molecule has 0 atom stereocenters. The number of hydrogen-bond acceptors (Lipinski definition) is 6. The van der Waals surface area contributed by atoms with Crippen molar-refractivity contribution in [1.82, 2.24) is 9.55 Å². The summed E-state index contributed by atoms with van der Waals surface area (Å²) in [5.74, 6) is -0.957. The molecule has 9 nitrogen and oxygen atoms in total. The average molecular weight is 397 g/mol. The summed E-state index contributed by atoms with van der Waals surface area (Å²) in [5.41, 5.74) is -0.889. The van der Waals surface area contributed by atoms with Crippen LogP contribution in [0, 0.1) is 22.9 Å². The van der Waals surface area contributed by atoms with Crippen LogP contribution in [0.1, 0.15) is 11.1 Å². The fourth-order valence-electron chi connectivity index (χ4n) is 2.53. The Kier molecular flexibility index (Phi) is 5.35. The molecule has 1 N–H and O–H groups in total. The number of aromatic nitrogens is 2. The Morgan fingerprint density at radius 1 is 1.14 bits per heavy atom. The van der Waals surface area contributed by atoms with Crippen LogP contribution in [0.5, 0.6) is 0 Å². The molecule has 3 rings (SSSR count). The summed E-state index contributed by atoms with van der Waals surface area (Å²) in [6.45, 7) is 1.92. The van der Waals surface area contributed by atoms with Crippen molar-refractivity contribution in [3.63, 3.8) is 0 Å². The highest BCUT2D eigenvalue weighted by Crippen LogP contribution is 2.29. The predicted octanol–water partition coefficient (Wildman–Crippen LogP) is 2.60. The maximum absolute atomic E-state index is 13.4. The normalized spacial score (nSPS) is 11.0. The van der Waals surface area contributed by atoms with Gasteiger partial charge in [0, 0.05) is 7.05 Å². The number of hydrazone groups is 1. The van der Waals surface area contributed by atoms with Crippen LogP contribution in [0.2, 0.25) is 0 Å². The van der Waals surface area contributed by atoms with E-state index in [-0.39, 0.29) is 5.69 Å². The topological polar surface area (TPSA) is 114 Å². The third-order valence-corrected chi connectivity index (χ3v) is 4.13. The van der Waals surface area contributed by atoms with E-state index in [2.05, 4.69) is 10.1 Å². The fraction of sp³-hybridized carbons (Fsp3) is 0.105. The Labute approximate surface area is 163 Å². The lowest BCUT2D eigenvalue weighted by molar-refractivity contribution is -0.386. The number of nitrogens with one attached hydrogen (secondary N) is 1. The van der Waals surface area contributed by atoms with Crippen LogP contribution in [0.25, 0.3) is 0 Å². The second-order valence-electron chi connectivity index (χ2n) is 6.19. The molecule has 10 heteroatoms. The first-order valence-electron chi connectivity index (χ1n) is 8.42. The van der Waals surface area contributed by atoms with Crippen LogP contribution in [-0.4, -0.2) is 20.7 Å². The number of nitrogens with zero attached hydrogens (tertiary/aromatic N) is 4. The number of H-pyrrole nitrogens is 1. The van der Waals surface area contributed by atoms with Crippen molar-refractivity contribution in [1.29, 1.82) is 0 Å². The van der Waals surface area contributed by atoms with Gasteiger partial charge in [-0.3, -0.25) is 24.5 Å². The molecular weight excluding hydrogens is 381 g/mol. The van der Waals surface area contributed by atoms with Crippen LogP contribution in [0.15, 0.2) is 63.2 Å². The van der Waals surface area contributed by atoms with Crippen molar-refractivity contribution >= 4 is 23.4 Å². The lowest BCUT2D eigenvalue weighted by atomic mass is 10.2. The summed E-state index contributed by atoms with van der Waals surface area (Å²) in [7, 11) is 1.12. The first-order chi connectivity index (χ1) is 13.8. The van der Waals surface area contributed by atoms with Crippen LogP contribution < -0.4 is 16.3 Å². The van der Waals surface area contributed by atoms with Gasteiger partial charge in [-0.1, -0.05) is 29.8 Å². The largest absolute Gasteiger partial charge is 0.376 e. The molecule has 0 aliphatic carbocycles. The van der Waals surface area contributed by atoms with Crippen LogP contribution in [-0.2, 0) is 7.05 Å². The van der Waals surface area contributed by atoms with Gasteiger partial charge in [0.05, 0.1) is 16.8 Å². The molecule has 1 aromatic heterocycles. The Morgan fingerprint density at radius 3 is 2.34 bits per heavy atom. The van der Waals surface area contributed by atoms with Gasteiger partial charge in [-0.25, -0.2) is 14.2 Å². The number of benzene rings is 2. The van der Waals surface area contributed by atoms with Crippen molar-refractivity contribution in [2.24, 2.45) is 12.1 Å². The third-order valence-electron chi connectivity index (χ3n) is 4.13. The van der Waals surface area contributed by atoms with E-state index in [0.717, 1.165) is 29.8 Å². The maximum Gasteiger partial charge on any atom is 0.376 e. The van der Waals surface area contributed by atoms with Crippen molar-refractivity contribution in [3.05, 3.63) is 96.4 Å². The van der Waals surface area contributed by atoms with Gasteiger partial charge in [-0.15, -0.1) is 0 Å². The van der Waals surface area contributed by atoms with Gasteiger partial charge in [-0.05, 0) is 36.8 Å². The lowest BCUT2D eigenvalue weighted by Gasteiger charge is -2.18. The Bertz CT molecular complexity index is 1200. The van der Waals surface area contributed by atoms with Gasteiger partial charge in [0.1, 0.15) is 5.82 Å². The standard InChI is InChI=1S/C19H16FN5O4/c1-12-3-5-13(6-4-12)11-21-24(15-9-7-14(20)8-10-15)17-16(25(28)29)18(26)23(2)19(27)22-17/h3-11H,1-2H3,(H,22,27)/b21-11+. The second kappa shape index (κ2) is 7.89. The van der Waals surface area contributed by atoms with Crippen molar-refractivity contribution < 1.29 is 9.31 Å². The van der Waals surface area contributed by atoms with Crippen molar-refractivity contribution in [2.45, 2.75) is 6.92 Å². The zero-order valence-electron chi connectivity index (χ0n) is 15.5. The van der Waals surface area contributed by atoms with E-state index >= 15 is 0 Å². The Hall–Kier alpha value is -4.08. The molecule has 0 aliphatic heterocycles. The highest BCUT2D eigenvalue weighted by molar-refractivity contribution is 5.82. The summed E-state index contributed by atoms with van der Waals surface area (Å²) in [6, 6.07) is 12.2. The quantitative estimate of drug-likeness (QED) is 0.404. The van der Waals surface area contributed by atoms with E-state index < -0.39 is 33.5 Å². The lowest BCUT2D eigenvalue weighted by Crippen LogP contribution is -2.36. The van der Waals surface area contributed by atoms with Gasteiger partial charge in [0.15, 0.2) is 0 Å². The van der Waals surface area contributed by atoms with Crippen LogP contribution in [0.4, 0.5) is 21.6 Å². The monoisotopic (exact) mass is 397 g/mol. The van der Waals surface area contributed by atoms with Gasteiger partial charge >= 0.3 is 16.9 Å². The zero-order valence-corrected chi connectivity index (χ0v) is 15.5. The molecule has 148 valence electrons. The fourth-order valence-corrected chi connectivity index (χ4v) is 2.53. The van der Waals surface area contributed by atoms with E-state index in [0.29, 0.717) is 10.1 Å². The number of rotatable bonds is 5.